The summed E-state index contributed by atoms with van der Waals surface area (Å²) < 4.78 is 11.3. The van der Waals surface area contributed by atoms with E-state index in [1.807, 2.05) is 80.9 Å². The Balaban J connectivity index is 1.34. The van der Waals surface area contributed by atoms with E-state index in [1.54, 1.807) is 18.9 Å². The molecule has 14 nitrogen and oxygen atoms in total. The number of benzene rings is 2. The third kappa shape index (κ3) is 9.59. The van der Waals surface area contributed by atoms with Crippen LogP contribution in [0.15, 0.2) is 42.6 Å². The number of aromatic nitrogens is 2. The number of aliphatic hydroxyl groups is 1. The van der Waals surface area contributed by atoms with Crippen molar-refractivity contribution in [2.24, 2.45) is 0 Å². The van der Waals surface area contributed by atoms with Crippen molar-refractivity contribution in [2.45, 2.75) is 59.3 Å². The topological polar surface area (TPSA) is 139 Å². The molecule has 0 saturated carbocycles. The van der Waals surface area contributed by atoms with Gasteiger partial charge in [-0.1, -0.05) is 24.9 Å². The quantitative estimate of drug-likeness (QED) is 0.202. The number of ether oxygens (including phenoxy) is 2. The number of anilines is 7. The Labute approximate surface area is 311 Å². The lowest BCUT2D eigenvalue weighted by molar-refractivity contribution is -0.129. The van der Waals surface area contributed by atoms with E-state index >= 15 is 0 Å². The molecule has 3 heterocycles. The lowest BCUT2D eigenvalue weighted by atomic mass is 10.1. The average Bonchev–Trinajstić information content (AvgIpc) is 3.12. The van der Waals surface area contributed by atoms with Crippen LogP contribution in [0.3, 0.4) is 0 Å². The third-order valence-electron chi connectivity index (χ3n) is 9.17. The first-order chi connectivity index (χ1) is 24.8. The summed E-state index contributed by atoms with van der Waals surface area (Å²) in [6, 6.07) is 11.9. The number of nitrogens with one attached hydrogen (secondary N) is 2. The van der Waals surface area contributed by atoms with Gasteiger partial charge in [-0.05, 0) is 57.5 Å². The van der Waals surface area contributed by atoms with Gasteiger partial charge >= 0.3 is 6.09 Å². The van der Waals surface area contributed by atoms with Gasteiger partial charge in [-0.3, -0.25) is 4.79 Å². The third-order valence-corrected chi connectivity index (χ3v) is 9.45. The Kier molecular flexibility index (Phi) is 12.4. The first-order valence-electron chi connectivity index (χ1n) is 17.8. The summed E-state index contributed by atoms with van der Waals surface area (Å²) in [7, 11) is 3.47. The summed E-state index contributed by atoms with van der Waals surface area (Å²) in [5, 5.41) is 18.0. The van der Waals surface area contributed by atoms with Crippen molar-refractivity contribution in [2.75, 3.05) is 91.8 Å². The van der Waals surface area contributed by atoms with Gasteiger partial charge in [-0.2, -0.15) is 4.98 Å². The molecule has 0 bridgehead atoms. The van der Waals surface area contributed by atoms with Gasteiger partial charge in [0.1, 0.15) is 22.6 Å². The maximum absolute atomic E-state index is 12.6. The highest BCUT2D eigenvalue weighted by Crippen LogP contribution is 2.37. The first-order valence-corrected chi connectivity index (χ1v) is 18.2. The molecule has 0 aliphatic carbocycles. The lowest BCUT2D eigenvalue weighted by Crippen LogP contribution is -2.50. The molecular formula is C37H52ClN9O5. The van der Waals surface area contributed by atoms with Crippen molar-refractivity contribution in [3.05, 3.63) is 47.6 Å². The van der Waals surface area contributed by atoms with Gasteiger partial charge in [-0.15, -0.1) is 0 Å². The summed E-state index contributed by atoms with van der Waals surface area (Å²) in [5.74, 6) is 1.41. The van der Waals surface area contributed by atoms with Crippen molar-refractivity contribution in [3.63, 3.8) is 0 Å². The Bertz CT molecular complexity index is 1710. The van der Waals surface area contributed by atoms with E-state index < -0.39 is 11.8 Å². The van der Waals surface area contributed by atoms with Crippen LogP contribution in [0, 0.1) is 0 Å². The normalized spacial score (nSPS) is 15.6. The molecule has 2 fully saturated rings. The first kappa shape index (κ1) is 38.5. The van der Waals surface area contributed by atoms with E-state index in [4.69, 9.17) is 26.1 Å². The Morgan fingerprint density at radius 1 is 0.942 bits per heavy atom. The van der Waals surface area contributed by atoms with E-state index in [0.29, 0.717) is 79.6 Å². The standard InChI is InChI=1S/C37H52ClN9O5/c1-8-9-33(49)43(6)31-22-26(45-18-20-47(21-19-45)36(50)52-37(3,4)5)10-12-29(31)40-34-28(38)24-39-35(42-34)41-30-13-11-27(23-32(30)51-7)46-16-14-44(15-17-46)25(2)48/h10-13,22-24,33,49H,8-9,14-21H2,1-7H3,(H2,39,40,41,42). The molecule has 3 aromatic rings. The van der Waals surface area contributed by atoms with Crippen molar-refractivity contribution in [1.82, 2.24) is 19.8 Å². The summed E-state index contributed by atoms with van der Waals surface area (Å²) in [4.78, 5) is 43.4. The van der Waals surface area contributed by atoms with E-state index in [1.165, 1.54) is 6.20 Å². The fraction of sp³-hybridized carbons (Fsp3) is 0.514. The number of hydrogen-bond donors (Lipinski definition) is 3. The molecule has 5 rings (SSSR count). The Morgan fingerprint density at radius 3 is 2.12 bits per heavy atom. The fourth-order valence-electron chi connectivity index (χ4n) is 6.22. The maximum atomic E-state index is 12.6. The fourth-order valence-corrected chi connectivity index (χ4v) is 6.36. The number of hydrogen-bond acceptors (Lipinski definition) is 12. The molecule has 1 unspecified atom stereocenters. The number of carbonyl (C=O) groups excluding carboxylic acids is 2. The van der Waals surface area contributed by atoms with Gasteiger partial charge in [0.05, 0.1) is 30.4 Å². The second kappa shape index (κ2) is 16.8. The molecule has 15 heteroatoms. The number of methoxy groups -OCH3 is 1. The molecule has 1 atom stereocenters. The molecule has 0 radical (unpaired) electrons. The highest BCUT2D eigenvalue weighted by Gasteiger charge is 2.27. The van der Waals surface area contributed by atoms with Gasteiger partial charge < -0.3 is 49.7 Å². The van der Waals surface area contributed by atoms with Crippen LogP contribution in [0.2, 0.25) is 5.02 Å². The molecule has 2 amide bonds. The molecule has 2 aliphatic heterocycles. The number of piperazine rings is 2. The zero-order chi connectivity index (χ0) is 37.6. The van der Waals surface area contributed by atoms with Gasteiger partial charge in [0.25, 0.3) is 0 Å². The number of nitrogens with zero attached hydrogens (tertiary/aromatic N) is 7. The number of halogens is 1. The predicted molar refractivity (Wildman–Crippen MR) is 207 cm³/mol. The largest absolute Gasteiger partial charge is 0.494 e. The summed E-state index contributed by atoms with van der Waals surface area (Å²) in [6.07, 6.45) is 1.92. The van der Waals surface area contributed by atoms with Crippen LogP contribution in [0.25, 0.3) is 0 Å². The highest BCUT2D eigenvalue weighted by atomic mass is 35.5. The Hall–Kier alpha value is -4.69. The molecule has 3 N–H and O–H groups in total. The molecule has 2 aliphatic rings. The number of amides is 2. The predicted octanol–water partition coefficient (Wildman–Crippen LogP) is 5.91. The lowest BCUT2D eigenvalue weighted by Gasteiger charge is -2.37. The van der Waals surface area contributed by atoms with Gasteiger partial charge in [0, 0.05) is 83.8 Å². The van der Waals surface area contributed by atoms with Crippen LogP contribution in [-0.4, -0.2) is 115 Å². The molecule has 282 valence electrons. The monoisotopic (exact) mass is 737 g/mol. The second-order valence-electron chi connectivity index (χ2n) is 14.1. The summed E-state index contributed by atoms with van der Waals surface area (Å²) in [5.41, 5.74) is 3.56. The molecule has 2 aromatic carbocycles. The van der Waals surface area contributed by atoms with Crippen LogP contribution in [0.1, 0.15) is 47.5 Å². The van der Waals surface area contributed by atoms with Crippen molar-refractivity contribution in [1.29, 1.82) is 0 Å². The number of rotatable bonds is 11. The van der Waals surface area contributed by atoms with Gasteiger partial charge in [0.15, 0.2) is 5.82 Å². The van der Waals surface area contributed by atoms with Crippen LogP contribution < -0.4 is 30.1 Å². The van der Waals surface area contributed by atoms with Gasteiger partial charge in [-0.25, -0.2) is 9.78 Å². The minimum Gasteiger partial charge on any atom is -0.494 e. The van der Waals surface area contributed by atoms with Crippen molar-refractivity contribution >= 4 is 63.8 Å². The summed E-state index contributed by atoms with van der Waals surface area (Å²) in [6.45, 7) is 14.4. The van der Waals surface area contributed by atoms with Crippen molar-refractivity contribution in [3.8, 4) is 5.75 Å². The number of aliphatic hydroxyl groups excluding tert-OH is 1. The minimum absolute atomic E-state index is 0.0926. The van der Waals surface area contributed by atoms with Crippen LogP contribution in [-0.2, 0) is 9.53 Å². The van der Waals surface area contributed by atoms with E-state index in [-0.39, 0.29) is 12.0 Å². The van der Waals surface area contributed by atoms with E-state index in [0.717, 1.165) is 36.6 Å². The second-order valence-corrected chi connectivity index (χ2v) is 14.5. The zero-order valence-electron chi connectivity index (χ0n) is 31.3. The van der Waals surface area contributed by atoms with Crippen LogP contribution in [0.5, 0.6) is 5.75 Å². The highest BCUT2D eigenvalue weighted by molar-refractivity contribution is 6.33. The minimum atomic E-state index is -0.712. The summed E-state index contributed by atoms with van der Waals surface area (Å²) >= 11 is 6.64. The van der Waals surface area contributed by atoms with Crippen LogP contribution in [0.4, 0.5) is 45.0 Å². The number of carbonyl (C=O) groups is 2. The molecule has 1 aromatic heterocycles. The van der Waals surface area contributed by atoms with Gasteiger partial charge in [0.2, 0.25) is 11.9 Å². The SMILES string of the molecule is CCCC(O)N(C)c1cc(N2CCN(C(=O)OC(C)(C)C)CC2)ccc1Nc1nc(Nc2ccc(N3CCN(C(C)=O)CC3)cc2OC)ncc1Cl. The molecule has 0 spiro atoms. The zero-order valence-corrected chi connectivity index (χ0v) is 32.0. The molecular weight excluding hydrogens is 686 g/mol. The smallest absolute Gasteiger partial charge is 0.410 e. The molecule has 2 saturated heterocycles. The Morgan fingerprint density at radius 2 is 1.54 bits per heavy atom. The molecule has 52 heavy (non-hydrogen) atoms. The average molecular weight is 738 g/mol. The van der Waals surface area contributed by atoms with Crippen LogP contribution >= 0.6 is 11.6 Å². The van der Waals surface area contributed by atoms with E-state index in [2.05, 4.69) is 25.4 Å². The van der Waals surface area contributed by atoms with E-state index in [9.17, 15) is 14.7 Å². The maximum Gasteiger partial charge on any atom is 0.410 e. The van der Waals surface area contributed by atoms with Crippen molar-refractivity contribution < 1.29 is 24.2 Å².